The Morgan fingerprint density at radius 1 is 0.364 bits per heavy atom. The van der Waals surface area contributed by atoms with Gasteiger partial charge in [-0.15, -0.1) is 0 Å². The average molecular weight is 859 g/mol. The number of para-hydroxylation sites is 2. The summed E-state index contributed by atoms with van der Waals surface area (Å²) in [6.45, 7) is 4.76. The third-order valence-corrected chi connectivity index (χ3v) is 19.5. The first-order valence-electron chi connectivity index (χ1n) is 23.1. The Morgan fingerprint density at radius 3 is 1.56 bits per heavy atom. The van der Waals surface area contributed by atoms with Crippen molar-refractivity contribution >= 4 is 67.7 Å². The van der Waals surface area contributed by atoms with E-state index in [1.165, 1.54) is 87.1 Å². The van der Waals surface area contributed by atoms with Crippen LogP contribution in [0.3, 0.4) is 0 Å². The van der Waals surface area contributed by atoms with Crippen LogP contribution in [0, 0.1) is 0 Å². The van der Waals surface area contributed by atoms with E-state index in [-0.39, 0.29) is 5.41 Å². The highest BCUT2D eigenvalue weighted by molar-refractivity contribution is 7.22. The van der Waals surface area contributed by atoms with Gasteiger partial charge in [0.05, 0.1) is 11.0 Å². The van der Waals surface area contributed by atoms with Gasteiger partial charge in [-0.2, -0.15) is 0 Å². The average Bonchev–Trinajstić information content (AvgIpc) is 3.96. The largest absolute Gasteiger partial charge is 0.310 e. The minimum atomic E-state index is -2.88. The molecular formula is C63H46N2Si. The summed E-state index contributed by atoms with van der Waals surface area (Å²) in [5, 5.41) is 8.15. The van der Waals surface area contributed by atoms with Crippen LogP contribution >= 0.6 is 0 Å². The van der Waals surface area contributed by atoms with E-state index in [1.54, 1.807) is 0 Å². The topological polar surface area (TPSA) is 8.17 Å². The molecule has 0 fully saturated rings. The second-order valence-corrected chi connectivity index (χ2v) is 22.2. The van der Waals surface area contributed by atoms with Crippen molar-refractivity contribution in [2.45, 2.75) is 19.3 Å². The molecule has 2 aliphatic rings. The Bertz CT molecular complexity index is 3580. The maximum atomic E-state index is 2.54. The first-order valence-corrected chi connectivity index (χ1v) is 25.1. The standard InChI is InChI=1S/C63H46N2Si/c1-63(2)57-28-14-9-23-51(57)52-38-37-47(42-58(52)63)64(45-33-35-46(36-34-45)65-59-29-15-10-24-53(59)54-25-11-16-30-60(54)65)48-39-44(43-19-5-3-6-20-43)40-50(41-48)66(49-21-7-4-8-22-49)61-31-17-12-26-55(61)56-27-13-18-32-62(56)66/h3-42H,1-2H3. The highest BCUT2D eigenvalue weighted by atomic mass is 28.3. The minimum absolute atomic E-state index is 0.160. The van der Waals surface area contributed by atoms with Crippen LogP contribution in [-0.2, 0) is 5.41 Å². The lowest BCUT2D eigenvalue weighted by Crippen LogP contribution is -2.72. The highest BCUT2D eigenvalue weighted by Crippen LogP contribution is 2.51. The molecule has 11 aromatic rings. The van der Waals surface area contributed by atoms with Crippen molar-refractivity contribution in [2.75, 3.05) is 4.90 Å². The SMILES string of the molecule is CC1(C)c2ccccc2-c2ccc(N(c3ccc(-n4c5ccccc5c5ccccc54)cc3)c3cc(-c4ccccc4)cc([Si]4(c5ccccc5)c5ccccc5-c5ccccc54)c3)cc21. The lowest BCUT2D eigenvalue weighted by atomic mass is 9.82. The molecule has 1 aromatic heterocycles. The monoisotopic (exact) mass is 858 g/mol. The lowest BCUT2D eigenvalue weighted by Gasteiger charge is -2.34. The number of aromatic nitrogens is 1. The van der Waals surface area contributed by atoms with E-state index in [2.05, 4.69) is 266 Å². The highest BCUT2D eigenvalue weighted by Gasteiger charge is 2.49. The molecule has 1 aliphatic carbocycles. The van der Waals surface area contributed by atoms with Crippen LogP contribution in [0.4, 0.5) is 17.1 Å². The molecule has 10 aromatic carbocycles. The fourth-order valence-corrected chi connectivity index (χ4v) is 16.9. The zero-order valence-corrected chi connectivity index (χ0v) is 38.0. The van der Waals surface area contributed by atoms with E-state index in [0.29, 0.717) is 0 Å². The molecule has 2 nitrogen and oxygen atoms in total. The van der Waals surface area contributed by atoms with Crippen LogP contribution in [-0.4, -0.2) is 12.6 Å². The van der Waals surface area contributed by atoms with Gasteiger partial charge in [-0.05, 0) is 126 Å². The summed E-state index contributed by atoms with van der Waals surface area (Å²) in [7, 11) is -2.88. The molecule has 0 spiro atoms. The van der Waals surface area contributed by atoms with E-state index in [1.807, 2.05) is 0 Å². The van der Waals surface area contributed by atoms with Crippen LogP contribution in [0.15, 0.2) is 243 Å². The van der Waals surface area contributed by atoms with Gasteiger partial charge in [-0.25, -0.2) is 0 Å². The Hall–Kier alpha value is -7.98. The zero-order chi connectivity index (χ0) is 44.0. The van der Waals surface area contributed by atoms with E-state index in [0.717, 1.165) is 22.7 Å². The summed E-state index contributed by atoms with van der Waals surface area (Å²) in [5.74, 6) is 0. The van der Waals surface area contributed by atoms with E-state index >= 15 is 0 Å². The van der Waals surface area contributed by atoms with Crippen molar-refractivity contribution in [1.82, 2.24) is 4.57 Å². The van der Waals surface area contributed by atoms with Gasteiger partial charge in [0, 0.05) is 38.9 Å². The van der Waals surface area contributed by atoms with Gasteiger partial charge >= 0.3 is 0 Å². The quantitative estimate of drug-likeness (QED) is 0.145. The molecule has 13 rings (SSSR count). The van der Waals surface area contributed by atoms with Crippen molar-refractivity contribution in [3.8, 4) is 39.1 Å². The molecule has 0 bridgehead atoms. The number of fused-ring (bicyclic) bond motifs is 9. The van der Waals surface area contributed by atoms with Gasteiger partial charge < -0.3 is 9.47 Å². The molecule has 2 heterocycles. The summed E-state index contributed by atoms with van der Waals surface area (Å²) in [6, 6.07) is 91.1. The molecule has 1 aliphatic heterocycles. The zero-order valence-electron chi connectivity index (χ0n) is 37.0. The van der Waals surface area contributed by atoms with E-state index in [4.69, 9.17) is 0 Å². The summed E-state index contributed by atoms with van der Waals surface area (Å²) in [4.78, 5) is 2.52. The number of anilines is 3. The molecule has 0 atom stereocenters. The summed E-state index contributed by atoms with van der Waals surface area (Å²) < 4.78 is 2.41. The summed E-state index contributed by atoms with van der Waals surface area (Å²) in [6.07, 6.45) is 0. The van der Waals surface area contributed by atoms with Crippen molar-refractivity contribution in [2.24, 2.45) is 0 Å². The van der Waals surface area contributed by atoms with Crippen molar-refractivity contribution in [1.29, 1.82) is 0 Å². The van der Waals surface area contributed by atoms with Gasteiger partial charge in [0.15, 0.2) is 8.07 Å². The van der Waals surface area contributed by atoms with Crippen molar-refractivity contribution in [3.05, 3.63) is 254 Å². The first kappa shape index (κ1) is 38.5. The summed E-state index contributed by atoms with van der Waals surface area (Å²) >= 11 is 0. The van der Waals surface area contributed by atoms with Crippen molar-refractivity contribution in [3.63, 3.8) is 0 Å². The smallest absolute Gasteiger partial charge is 0.180 e. The Kier molecular flexibility index (Phi) is 8.62. The van der Waals surface area contributed by atoms with Crippen molar-refractivity contribution < 1.29 is 0 Å². The first-order chi connectivity index (χ1) is 32.5. The van der Waals surface area contributed by atoms with Crippen LogP contribution in [0.1, 0.15) is 25.0 Å². The van der Waals surface area contributed by atoms with Gasteiger partial charge in [0.25, 0.3) is 0 Å². The number of hydrogen-bond donors (Lipinski definition) is 0. The van der Waals surface area contributed by atoms with E-state index in [9.17, 15) is 0 Å². The third-order valence-electron chi connectivity index (χ3n) is 14.6. The predicted molar refractivity (Wildman–Crippen MR) is 281 cm³/mol. The number of benzene rings is 10. The summed E-state index contributed by atoms with van der Waals surface area (Å²) in [5.41, 5.74) is 17.2. The molecular weight excluding hydrogens is 813 g/mol. The normalized spacial score (nSPS) is 13.8. The fourth-order valence-electron chi connectivity index (χ4n) is 11.7. The van der Waals surface area contributed by atoms with Gasteiger partial charge in [0.2, 0.25) is 0 Å². The number of hydrogen-bond acceptors (Lipinski definition) is 1. The molecule has 312 valence electrons. The lowest BCUT2D eigenvalue weighted by molar-refractivity contribution is 0.660. The van der Waals surface area contributed by atoms with Gasteiger partial charge in [-0.1, -0.05) is 196 Å². The maximum absolute atomic E-state index is 2.88. The molecule has 0 saturated carbocycles. The van der Waals surface area contributed by atoms with Crippen LogP contribution in [0.25, 0.3) is 60.9 Å². The second kappa shape index (κ2) is 14.8. The minimum Gasteiger partial charge on any atom is -0.310 e. The molecule has 66 heavy (non-hydrogen) atoms. The van der Waals surface area contributed by atoms with Crippen LogP contribution in [0.2, 0.25) is 0 Å². The second-order valence-electron chi connectivity index (χ2n) is 18.5. The maximum Gasteiger partial charge on any atom is 0.180 e. The molecule has 0 radical (unpaired) electrons. The Morgan fingerprint density at radius 2 is 0.894 bits per heavy atom. The predicted octanol–water partition coefficient (Wildman–Crippen LogP) is 13.6. The molecule has 0 N–H and O–H groups in total. The Labute approximate surface area is 387 Å². The molecule has 3 heteroatoms. The number of rotatable bonds is 7. The molecule has 0 saturated heterocycles. The number of nitrogens with zero attached hydrogens (tertiary/aromatic N) is 2. The van der Waals surface area contributed by atoms with Crippen LogP contribution < -0.4 is 25.6 Å². The Balaban J connectivity index is 1.08. The van der Waals surface area contributed by atoms with Crippen LogP contribution in [0.5, 0.6) is 0 Å². The third kappa shape index (κ3) is 5.60. The fraction of sp³-hybridized carbons (Fsp3) is 0.0476. The molecule has 0 unspecified atom stereocenters. The van der Waals surface area contributed by atoms with Gasteiger partial charge in [-0.3, -0.25) is 0 Å². The van der Waals surface area contributed by atoms with Gasteiger partial charge in [0.1, 0.15) is 0 Å². The molecule has 0 amide bonds. The van der Waals surface area contributed by atoms with E-state index < -0.39 is 8.07 Å².